The van der Waals surface area contributed by atoms with Crippen LogP contribution >= 0.6 is 0 Å². The Labute approximate surface area is 156 Å². The van der Waals surface area contributed by atoms with Gasteiger partial charge in [-0.3, -0.25) is 14.5 Å². The van der Waals surface area contributed by atoms with Crippen molar-refractivity contribution in [1.29, 1.82) is 0 Å². The van der Waals surface area contributed by atoms with E-state index in [2.05, 4.69) is 12.2 Å². The molecule has 1 N–H and O–H groups in total. The molecule has 1 aromatic carbocycles. The van der Waals surface area contributed by atoms with Crippen LogP contribution in [0.15, 0.2) is 30.3 Å². The summed E-state index contributed by atoms with van der Waals surface area (Å²) in [6, 6.07) is 9.21. The van der Waals surface area contributed by atoms with Crippen LogP contribution in [0.2, 0.25) is 0 Å². The van der Waals surface area contributed by atoms with Gasteiger partial charge in [-0.2, -0.15) is 0 Å². The summed E-state index contributed by atoms with van der Waals surface area (Å²) >= 11 is 0. The zero-order chi connectivity index (χ0) is 18.7. The fraction of sp³-hybridized carbons (Fsp3) is 0.619. The van der Waals surface area contributed by atoms with Crippen LogP contribution in [-0.4, -0.2) is 41.1 Å². The summed E-state index contributed by atoms with van der Waals surface area (Å²) in [6.07, 6.45) is 4.08. The molecule has 1 aliphatic carbocycles. The molecule has 1 saturated heterocycles. The minimum absolute atomic E-state index is 0.0216. The van der Waals surface area contributed by atoms with E-state index in [0.717, 1.165) is 31.2 Å². The van der Waals surface area contributed by atoms with Gasteiger partial charge in [0, 0.05) is 6.04 Å². The van der Waals surface area contributed by atoms with Gasteiger partial charge < -0.3 is 10.1 Å². The lowest BCUT2D eigenvalue weighted by Crippen LogP contribution is -2.58. The summed E-state index contributed by atoms with van der Waals surface area (Å²) in [7, 11) is 0. The van der Waals surface area contributed by atoms with Crippen LogP contribution in [-0.2, 0) is 20.7 Å². The van der Waals surface area contributed by atoms with E-state index in [9.17, 15) is 9.59 Å². The van der Waals surface area contributed by atoms with Gasteiger partial charge in [-0.1, -0.05) is 43.7 Å². The van der Waals surface area contributed by atoms with Gasteiger partial charge in [0.2, 0.25) is 11.8 Å². The van der Waals surface area contributed by atoms with E-state index in [1.165, 1.54) is 0 Å². The molecule has 1 aliphatic heterocycles. The molecular weight excluding hydrogens is 328 g/mol. The lowest BCUT2D eigenvalue weighted by Gasteiger charge is -2.43. The van der Waals surface area contributed by atoms with Crippen molar-refractivity contribution in [2.24, 2.45) is 5.92 Å². The first kappa shape index (κ1) is 18.9. The van der Waals surface area contributed by atoms with Gasteiger partial charge in [-0.15, -0.1) is 0 Å². The third-order valence-corrected chi connectivity index (χ3v) is 5.39. The van der Waals surface area contributed by atoms with Crippen molar-refractivity contribution in [3.63, 3.8) is 0 Å². The number of carbonyl (C=O) groups excluding carboxylic acids is 2. The largest absolute Gasteiger partial charge is 0.353 e. The molecule has 142 valence electrons. The SMILES string of the molecule is CC(C)NC(=O)[C@@H]1CO[C@]2(CCC[C@@H](C)C2)N1C(=O)Cc1ccccc1. The summed E-state index contributed by atoms with van der Waals surface area (Å²) in [6.45, 7) is 6.35. The number of carbonyl (C=O) groups is 2. The molecule has 1 aromatic rings. The zero-order valence-electron chi connectivity index (χ0n) is 16.0. The van der Waals surface area contributed by atoms with Crippen LogP contribution in [0.25, 0.3) is 0 Å². The van der Waals surface area contributed by atoms with Crippen molar-refractivity contribution in [3.8, 4) is 0 Å². The van der Waals surface area contributed by atoms with E-state index in [1.807, 2.05) is 44.2 Å². The highest BCUT2D eigenvalue weighted by Gasteiger charge is 2.53. The highest BCUT2D eigenvalue weighted by atomic mass is 16.5. The number of nitrogens with zero attached hydrogens (tertiary/aromatic N) is 1. The molecule has 0 unspecified atom stereocenters. The van der Waals surface area contributed by atoms with Gasteiger partial charge in [-0.05, 0) is 44.6 Å². The predicted octanol–water partition coefficient (Wildman–Crippen LogP) is 2.89. The quantitative estimate of drug-likeness (QED) is 0.900. The van der Waals surface area contributed by atoms with E-state index in [4.69, 9.17) is 4.74 Å². The molecule has 26 heavy (non-hydrogen) atoms. The van der Waals surface area contributed by atoms with E-state index in [0.29, 0.717) is 12.3 Å². The molecular formula is C21H30N2O3. The highest BCUT2D eigenvalue weighted by Crippen LogP contribution is 2.43. The number of hydrogen-bond acceptors (Lipinski definition) is 3. The fourth-order valence-electron chi connectivity index (χ4n) is 4.32. The van der Waals surface area contributed by atoms with E-state index in [1.54, 1.807) is 4.90 Å². The Balaban J connectivity index is 1.86. The van der Waals surface area contributed by atoms with Gasteiger partial charge in [0.25, 0.3) is 0 Å². The topological polar surface area (TPSA) is 58.6 Å². The predicted molar refractivity (Wildman–Crippen MR) is 100 cm³/mol. The number of amides is 2. The van der Waals surface area contributed by atoms with E-state index in [-0.39, 0.29) is 24.5 Å². The van der Waals surface area contributed by atoms with E-state index < -0.39 is 11.8 Å². The second-order valence-corrected chi connectivity index (χ2v) is 8.06. The van der Waals surface area contributed by atoms with Gasteiger partial charge in [0.15, 0.2) is 0 Å². The van der Waals surface area contributed by atoms with Crippen LogP contribution < -0.4 is 5.32 Å². The number of nitrogens with one attached hydrogen (secondary N) is 1. The first-order valence-electron chi connectivity index (χ1n) is 9.72. The van der Waals surface area contributed by atoms with Crippen LogP contribution in [0.4, 0.5) is 0 Å². The highest BCUT2D eigenvalue weighted by molar-refractivity contribution is 5.89. The maximum atomic E-state index is 13.3. The van der Waals surface area contributed by atoms with Crippen molar-refractivity contribution < 1.29 is 14.3 Å². The molecule has 1 spiro atoms. The molecule has 5 heteroatoms. The first-order valence-corrected chi connectivity index (χ1v) is 9.72. The van der Waals surface area contributed by atoms with Crippen molar-refractivity contribution >= 4 is 11.8 Å². The number of hydrogen-bond donors (Lipinski definition) is 1. The van der Waals surface area contributed by atoms with Gasteiger partial charge in [0.05, 0.1) is 13.0 Å². The maximum absolute atomic E-state index is 13.3. The monoisotopic (exact) mass is 358 g/mol. The summed E-state index contributed by atoms with van der Waals surface area (Å²) in [5, 5.41) is 2.95. The Bertz CT molecular complexity index is 646. The van der Waals surface area contributed by atoms with Gasteiger partial charge in [-0.25, -0.2) is 0 Å². The fourth-order valence-corrected chi connectivity index (χ4v) is 4.32. The Morgan fingerprint density at radius 1 is 1.31 bits per heavy atom. The average Bonchev–Trinajstić information content (AvgIpc) is 2.93. The summed E-state index contributed by atoms with van der Waals surface area (Å²) in [4.78, 5) is 27.8. The Hall–Kier alpha value is -1.88. The van der Waals surface area contributed by atoms with Crippen LogP contribution in [0.1, 0.15) is 52.0 Å². The van der Waals surface area contributed by atoms with Crippen LogP contribution in [0.3, 0.4) is 0 Å². The molecule has 2 amide bonds. The number of rotatable bonds is 4. The molecule has 0 aromatic heterocycles. The molecule has 1 heterocycles. The molecule has 2 fully saturated rings. The molecule has 2 aliphatic rings. The molecule has 3 atom stereocenters. The van der Waals surface area contributed by atoms with E-state index >= 15 is 0 Å². The average molecular weight is 358 g/mol. The lowest BCUT2D eigenvalue weighted by atomic mass is 9.83. The summed E-state index contributed by atoms with van der Waals surface area (Å²) in [5.41, 5.74) is 0.342. The van der Waals surface area contributed by atoms with Gasteiger partial charge >= 0.3 is 0 Å². The summed E-state index contributed by atoms with van der Waals surface area (Å²) < 4.78 is 6.18. The zero-order valence-corrected chi connectivity index (χ0v) is 16.0. The molecule has 3 rings (SSSR count). The lowest BCUT2D eigenvalue weighted by molar-refractivity contribution is -0.162. The van der Waals surface area contributed by atoms with Crippen molar-refractivity contribution in [2.45, 2.75) is 70.7 Å². The first-order chi connectivity index (χ1) is 12.4. The minimum atomic E-state index is -0.623. The Morgan fingerprint density at radius 3 is 2.69 bits per heavy atom. The molecule has 0 radical (unpaired) electrons. The van der Waals surface area contributed by atoms with Gasteiger partial charge in [0.1, 0.15) is 11.8 Å². The normalized spacial score (nSPS) is 28.5. The second kappa shape index (κ2) is 7.78. The summed E-state index contributed by atoms with van der Waals surface area (Å²) in [5.74, 6) is 0.353. The number of benzene rings is 1. The molecule has 1 saturated carbocycles. The van der Waals surface area contributed by atoms with Crippen molar-refractivity contribution in [1.82, 2.24) is 10.2 Å². The Kier molecular flexibility index (Phi) is 5.66. The molecule has 5 nitrogen and oxygen atoms in total. The maximum Gasteiger partial charge on any atom is 0.245 e. The molecule has 0 bridgehead atoms. The third kappa shape index (κ3) is 3.93. The van der Waals surface area contributed by atoms with Crippen LogP contribution in [0, 0.1) is 5.92 Å². The Morgan fingerprint density at radius 2 is 2.04 bits per heavy atom. The third-order valence-electron chi connectivity index (χ3n) is 5.39. The standard InChI is InChI=1S/C21H30N2O3/c1-15(2)22-20(25)18-14-26-21(11-7-8-16(3)13-21)23(18)19(24)12-17-9-5-4-6-10-17/h4-6,9-10,15-16,18H,7-8,11-14H2,1-3H3,(H,22,25)/t16-,18+,21+/m1/s1. The van der Waals surface area contributed by atoms with Crippen molar-refractivity contribution in [2.75, 3.05) is 6.61 Å². The smallest absolute Gasteiger partial charge is 0.245 e. The minimum Gasteiger partial charge on any atom is -0.353 e. The number of ether oxygens (including phenoxy) is 1. The second-order valence-electron chi connectivity index (χ2n) is 8.06. The van der Waals surface area contributed by atoms with Crippen LogP contribution in [0.5, 0.6) is 0 Å². The van der Waals surface area contributed by atoms with Crippen molar-refractivity contribution in [3.05, 3.63) is 35.9 Å².